The maximum absolute atomic E-state index is 11.7. The summed E-state index contributed by atoms with van der Waals surface area (Å²) >= 11 is 0. The summed E-state index contributed by atoms with van der Waals surface area (Å²) in [6.45, 7) is 0.0871. The smallest absolute Gasteiger partial charge is 0.266 e. The number of carbonyl (C=O) groups excluding carboxylic acids is 3. The minimum Gasteiger partial charge on any atom is -0.369 e. The summed E-state index contributed by atoms with van der Waals surface area (Å²) in [4.78, 5) is 39.2. The van der Waals surface area contributed by atoms with E-state index in [4.69, 9.17) is 10.6 Å². The van der Waals surface area contributed by atoms with Gasteiger partial charge >= 0.3 is 0 Å². The molecule has 94 valence electrons. The first kappa shape index (κ1) is 12.3. The number of primary amides is 1. The van der Waals surface area contributed by atoms with Crippen LogP contribution in [0.4, 0.5) is 0 Å². The lowest BCUT2D eigenvalue weighted by Gasteiger charge is -2.13. The van der Waals surface area contributed by atoms with E-state index in [0.29, 0.717) is 5.06 Å². The maximum Gasteiger partial charge on any atom is 0.266 e. The zero-order valence-corrected chi connectivity index (χ0v) is 9.54. The van der Waals surface area contributed by atoms with Crippen molar-refractivity contribution in [1.29, 1.82) is 0 Å². The van der Waals surface area contributed by atoms with Crippen LogP contribution in [-0.2, 0) is 25.8 Å². The summed E-state index contributed by atoms with van der Waals surface area (Å²) in [6.07, 6.45) is -0.219. The van der Waals surface area contributed by atoms with Gasteiger partial charge in [-0.05, 0) is 5.56 Å². The van der Waals surface area contributed by atoms with E-state index in [1.165, 1.54) is 0 Å². The minimum atomic E-state index is -1.10. The van der Waals surface area contributed by atoms with Crippen molar-refractivity contribution < 1.29 is 19.2 Å². The van der Waals surface area contributed by atoms with E-state index in [-0.39, 0.29) is 13.0 Å². The van der Waals surface area contributed by atoms with Crippen LogP contribution in [0.25, 0.3) is 0 Å². The molecule has 1 aliphatic rings. The summed E-state index contributed by atoms with van der Waals surface area (Å²) < 4.78 is 0. The van der Waals surface area contributed by atoms with Gasteiger partial charge in [0.1, 0.15) is 12.5 Å². The molecule has 6 heteroatoms. The Kier molecular flexibility index (Phi) is 3.38. The van der Waals surface area contributed by atoms with Crippen molar-refractivity contribution >= 4 is 17.7 Å². The Morgan fingerprint density at radius 2 is 2.00 bits per heavy atom. The molecule has 18 heavy (non-hydrogen) atoms. The molecule has 1 fully saturated rings. The molecular weight excluding hydrogens is 236 g/mol. The van der Waals surface area contributed by atoms with Gasteiger partial charge in [-0.15, -0.1) is 0 Å². The molecule has 1 heterocycles. The first-order valence-corrected chi connectivity index (χ1v) is 5.42. The van der Waals surface area contributed by atoms with Crippen LogP contribution in [0.1, 0.15) is 12.0 Å². The molecule has 0 spiro atoms. The first-order chi connectivity index (χ1) is 8.59. The second-order valence-corrected chi connectivity index (χ2v) is 3.94. The van der Waals surface area contributed by atoms with Gasteiger partial charge < -0.3 is 5.73 Å². The Morgan fingerprint density at radius 3 is 2.56 bits per heavy atom. The zero-order chi connectivity index (χ0) is 13.1. The van der Waals surface area contributed by atoms with E-state index in [1.54, 1.807) is 12.1 Å². The minimum absolute atomic E-state index is 0.0871. The summed E-state index contributed by atoms with van der Waals surface area (Å²) in [5.74, 6) is -3.14. The van der Waals surface area contributed by atoms with Crippen LogP contribution < -0.4 is 5.73 Å². The topological polar surface area (TPSA) is 89.7 Å². The molecule has 0 radical (unpaired) electrons. The molecule has 2 rings (SSSR count). The summed E-state index contributed by atoms with van der Waals surface area (Å²) in [5.41, 5.74) is 5.85. The predicted octanol–water partition coefficient (Wildman–Crippen LogP) is -0.0214. The lowest BCUT2D eigenvalue weighted by atomic mass is 10.1. The molecule has 0 aromatic heterocycles. The van der Waals surface area contributed by atoms with Crippen LogP contribution in [-0.4, -0.2) is 22.8 Å². The molecule has 1 aromatic carbocycles. The molecule has 0 unspecified atom stereocenters. The summed E-state index contributed by atoms with van der Waals surface area (Å²) in [5, 5.41) is 0.627. The van der Waals surface area contributed by atoms with Gasteiger partial charge in [0, 0.05) is 0 Å². The van der Waals surface area contributed by atoms with Gasteiger partial charge in [0.05, 0.1) is 6.42 Å². The van der Waals surface area contributed by atoms with E-state index in [1.807, 2.05) is 18.2 Å². The van der Waals surface area contributed by atoms with Crippen molar-refractivity contribution in [3.05, 3.63) is 35.9 Å². The van der Waals surface area contributed by atoms with Crippen molar-refractivity contribution in [2.24, 2.45) is 11.7 Å². The first-order valence-electron chi connectivity index (χ1n) is 5.42. The van der Waals surface area contributed by atoms with E-state index in [2.05, 4.69) is 0 Å². The Hall–Kier alpha value is -2.21. The molecule has 1 aliphatic heterocycles. The number of carbonyl (C=O) groups is 3. The van der Waals surface area contributed by atoms with Crippen molar-refractivity contribution in [3.63, 3.8) is 0 Å². The predicted molar refractivity (Wildman–Crippen MR) is 60.4 cm³/mol. The number of benzene rings is 1. The van der Waals surface area contributed by atoms with Crippen LogP contribution in [0.5, 0.6) is 0 Å². The third-order valence-corrected chi connectivity index (χ3v) is 2.65. The monoisotopic (exact) mass is 248 g/mol. The van der Waals surface area contributed by atoms with Crippen LogP contribution in [0.15, 0.2) is 30.3 Å². The molecule has 0 saturated carbocycles. The average molecular weight is 248 g/mol. The molecule has 0 aliphatic carbocycles. The van der Waals surface area contributed by atoms with Crippen LogP contribution in [0.3, 0.4) is 0 Å². The standard InChI is InChI=1S/C12H12N2O4/c13-11(16)9-6-10(15)14(12(9)17)18-7-8-4-2-1-3-5-8/h1-5,9H,6-7H2,(H2,13,16)/t9-/m1/s1. The Balaban J connectivity index is 2.00. The Bertz CT molecular complexity index is 486. The highest BCUT2D eigenvalue weighted by atomic mass is 16.7. The number of imide groups is 1. The average Bonchev–Trinajstić information content (AvgIpc) is 2.64. The molecule has 1 saturated heterocycles. The number of nitrogens with two attached hydrogens (primary N) is 1. The number of hydrogen-bond acceptors (Lipinski definition) is 4. The largest absolute Gasteiger partial charge is 0.369 e. The van der Waals surface area contributed by atoms with Gasteiger partial charge in [0.15, 0.2) is 0 Å². The lowest BCUT2D eigenvalue weighted by molar-refractivity contribution is -0.192. The Labute approximate surface area is 103 Å². The number of rotatable bonds is 4. The molecule has 2 N–H and O–H groups in total. The lowest BCUT2D eigenvalue weighted by Crippen LogP contribution is -2.34. The fourth-order valence-corrected chi connectivity index (χ4v) is 1.68. The molecule has 0 bridgehead atoms. The fourth-order valence-electron chi connectivity index (χ4n) is 1.68. The van der Waals surface area contributed by atoms with Crippen LogP contribution >= 0.6 is 0 Å². The normalized spacial score (nSPS) is 19.3. The number of hydrogen-bond donors (Lipinski definition) is 1. The van der Waals surface area contributed by atoms with Crippen LogP contribution in [0, 0.1) is 5.92 Å². The van der Waals surface area contributed by atoms with Gasteiger partial charge in [0.2, 0.25) is 5.91 Å². The van der Waals surface area contributed by atoms with Crippen molar-refractivity contribution in [2.75, 3.05) is 0 Å². The van der Waals surface area contributed by atoms with Crippen molar-refractivity contribution in [2.45, 2.75) is 13.0 Å². The van der Waals surface area contributed by atoms with Crippen molar-refractivity contribution in [1.82, 2.24) is 5.06 Å². The second kappa shape index (κ2) is 4.97. The van der Waals surface area contributed by atoms with Gasteiger partial charge in [-0.3, -0.25) is 19.2 Å². The van der Waals surface area contributed by atoms with E-state index in [0.717, 1.165) is 5.56 Å². The summed E-state index contributed by atoms with van der Waals surface area (Å²) in [7, 11) is 0. The van der Waals surface area contributed by atoms with Gasteiger partial charge in [-0.2, -0.15) is 5.06 Å². The number of nitrogens with zero attached hydrogens (tertiary/aromatic N) is 1. The van der Waals surface area contributed by atoms with E-state index in [9.17, 15) is 14.4 Å². The molecular formula is C12H12N2O4. The van der Waals surface area contributed by atoms with E-state index >= 15 is 0 Å². The molecule has 3 amide bonds. The quantitative estimate of drug-likeness (QED) is 0.599. The zero-order valence-electron chi connectivity index (χ0n) is 9.54. The molecule has 1 aromatic rings. The SMILES string of the molecule is NC(=O)[C@H]1CC(=O)N(OCc2ccccc2)C1=O. The molecule has 1 atom stereocenters. The maximum atomic E-state index is 11.7. The number of amides is 3. The van der Waals surface area contributed by atoms with Crippen molar-refractivity contribution in [3.8, 4) is 0 Å². The van der Waals surface area contributed by atoms with E-state index < -0.39 is 23.6 Å². The highest BCUT2D eigenvalue weighted by Gasteiger charge is 2.43. The highest BCUT2D eigenvalue weighted by molar-refractivity contribution is 6.12. The Morgan fingerprint density at radius 1 is 1.33 bits per heavy atom. The molecule has 6 nitrogen and oxygen atoms in total. The van der Waals surface area contributed by atoms with Crippen LogP contribution in [0.2, 0.25) is 0 Å². The second-order valence-electron chi connectivity index (χ2n) is 3.94. The van der Waals surface area contributed by atoms with Gasteiger partial charge in [-0.1, -0.05) is 30.3 Å². The van der Waals surface area contributed by atoms with Gasteiger partial charge in [0.25, 0.3) is 11.8 Å². The highest BCUT2D eigenvalue weighted by Crippen LogP contribution is 2.20. The third kappa shape index (κ3) is 2.38. The fraction of sp³-hybridized carbons (Fsp3) is 0.250. The number of hydroxylamine groups is 2. The van der Waals surface area contributed by atoms with Gasteiger partial charge in [-0.25, -0.2) is 0 Å². The third-order valence-electron chi connectivity index (χ3n) is 2.65. The summed E-state index contributed by atoms with van der Waals surface area (Å²) in [6, 6.07) is 9.09.